The van der Waals surface area contributed by atoms with E-state index in [4.69, 9.17) is 0 Å². The summed E-state index contributed by atoms with van der Waals surface area (Å²) in [6.07, 6.45) is 0.609. The highest BCUT2D eigenvalue weighted by molar-refractivity contribution is 6.01. The van der Waals surface area contributed by atoms with E-state index in [1.165, 1.54) is 0 Å². The molecule has 0 aromatic heterocycles. The van der Waals surface area contributed by atoms with Gasteiger partial charge in [0.05, 0.1) is 0 Å². The second kappa shape index (κ2) is 10.7. The fraction of sp³-hybridized carbons (Fsp3) is 0.167. The summed E-state index contributed by atoms with van der Waals surface area (Å²) in [6, 6.07) is 26.0. The summed E-state index contributed by atoms with van der Waals surface area (Å²) in [5.41, 5.74) is 3.36. The van der Waals surface area contributed by atoms with E-state index < -0.39 is 0 Å². The normalized spacial score (nSPS) is 10.2. The number of nitrogens with zero attached hydrogens (tertiary/aromatic N) is 1. The van der Waals surface area contributed by atoms with E-state index in [0.717, 1.165) is 22.6 Å². The van der Waals surface area contributed by atoms with Crippen LogP contribution in [-0.2, 0) is 0 Å². The molecule has 0 spiro atoms. The maximum absolute atomic E-state index is 12.9. The average Bonchev–Trinajstić information content (AvgIpc) is 2.75. The van der Waals surface area contributed by atoms with Gasteiger partial charge in [-0.1, -0.05) is 48.5 Å². The molecule has 3 rings (SSSR count). The van der Waals surface area contributed by atoms with E-state index in [9.17, 15) is 9.59 Å². The summed E-state index contributed by atoms with van der Waals surface area (Å²) < 4.78 is 0. The van der Waals surface area contributed by atoms with Crippen molar-refractivity contribution in [2.75, 3.05) is 28.6 Å². The van der Waals surface area contributed by atoms with Gasteiger partial charge in [-0.25, -0.2) is 9.59 Å². The van der Waals surface area contributed by atoms with Crippen molar-refractivity contribution in [2.45, 2.75) is 13.3 Å². The number of hydrogen-bond acceptors (Lipinski definition) is 2. The van der Waals surface area contributed by atoms with Crippen LogP contribution in [0.5, 0.6) is 0 Å². The molecule has 0 fully saturated rings. The molecule has 0 saturated heterocycles. The number of aryl methyl sites for hydroxylation is 1. The van der Waals surface area contributed by atoms with Gasteiger partial charge in [0.1, 0.15) is 0 Å². The van der Waals surface area contributed by atoms with Crippen molar-refractivity contribution >= 4 is 29.1 Å². The standard InChI is InChI=1S/C24H26N4O2/c1-19-10-8-13-21(18-19)27-24(30)28(22-14-6-3-7-15-22)17-9-16-25-23(29)26-20-11-4-2-5-12-20/h2-8,10-15,18H,9,16-17H2,1H3,(H,27,30)(H2,25,26,29). The minimum atomic E-state index is -0.267. The van der Waals surface area contributed by atoms with Gasteiger partial charge in [-0.05, 0) is 55.3 Å². The molecule has 0 aliphatic heterocycles. The predicted molar refractivity (Wildman–Crippen MR) is 122 cm³/mol. The number of amides is 4. The monoisotopic (exact) mass is 402 g/mol. The van der Waals surface area contributed by atoms with Crippen LogP contribution in [0.2, 0.25) is 0 Å². The van der Waals surface area contributed by atoms with Crippen molar-refractivity contribution in [3.63, 3.8) is 0 Å². The highest BCUT2D eigenvalue weighted by atomic mass is 16.2. The van der Waals surface area contributed by atoms with Gasteiger partial charge >= 0.3 is 12.1 Å². The van der Waals surface area contributed by atoms with E-state index in [0.29, 0.717) is 19.5 Å². The molecule has 3 N–H and O–H groups in total. The van der Waals surface area contributed by atoms with Crippen LogP contribution in [0.15, 0.2) is 84.9 Å². The van der Waals surface area contributed by atoms with Crippen LogP contribution in [0.4, 0.5) is 26.7 Å². The van der Waals surface area contributed by atoms with Crippen LogP contribution in [-0.4, -0.2) is 25.2 Å². The van der Waals surface area contributed by atoms with Gasteiger partial charge in [0, 0.05) is 30.2 Å². The van der Waals surface area contributed by atoms with Crippen molar-refractivity contribution in [3.8, 4) is 0 Å². The molecule has 0 heterocycles. The zero-order valence-corrected chi connectivity index (χ0v) is 17.0. The Kier molecular flexibility index (Phi) is 7.44. The second-order valence-corrected chi connectivity index (χ2v) is 6.89. The molecule has 0 radical (unpaired) electrons. The third kappa shape index (κ3) is 6.38. The maximum Gasteiger partial charge on any atom is 0.326 e. The predicted octanol–water partition coefficient (Wildman–Crippen LogP) is 5.25. The summed E-state index contributed by atoms with van der Waals surface area (Å²) in [5, 5.41) is 8.56. The lowest BCUT2D eigenvalue weighted by atomic mass is 10.2. The SMILES string of the molecule is Cc1cccc(NC(=O)N(CCCNC(=O)Nc2ccccc2)c2ccccc2)c1. The van der Waals surface area contributed by atoms with E-state index in [-0.39, 0.29) is 12.1 Å². The lowest BCUT2D eigenvalue weighted by Gasteiger charge is -2.23. The first-order valence-electron chi connectivity index (χ1n) is 9.92. The Labute approximate surface area is 176 Å². The highest BCUT2D eigenvalue weighted by Gasteiger charge is 2.15. The molecule has 0 atom stereocenters. The summed E-state index contributed by atoms with van der Waals surface area (Å²) in [6.45, 7) is 2.89. The van der Waals surface area contributed by atoms with Gasteiger partial charge in [0.25, 0.3) is 0 Å². The Hall–Kier alpha value is -3.80. The topological polar surface area (TPSA) is 73.5 Å². The number of benzene rings is 3. The quantitative estimate of drug-likeness (QED) is 0.473. The summed E-state index contributed by atoms with van der Waals surface area (Å²) >= 11 is 0. The number of anilines is 3. The number of carbonyl (C=O) groups is 2. The number of rotatable bonds is 7. The van der Waals surface area contributed by atoms with Crippen molar-refractivity contribution in [1.82, 2.24) is 5.32 Å². The Morgan fingerprint density at radius 1 is 0.800 bits per heavy atom. The molecule has 0 unspecified atom stereocenters. The lowest BCUT2D eigenvalue weighted by Crippen LogP contribution is -2.38. The van der Waals surface area contributed by atoms with Crippen molar-refractivity contribution < 1.29 is 9.59 Å². The van der Waals surface area contributed by atoms with E-state index in [1.54, 1.807) is 4.90 Å². The van der Waals surface area contributed by atoms with Gasteiger partial charge in [-0.3, -0.25) is 4.90 Å². The number of hydrogen-bond donors (Lipinski definition) is 3. The minimum absolute atomic E-state index is 0.208. The van der Waals surface area contributed by atoms with Gasteiger partial charge in [-0.15, -0.1) is 0 Å². The number of para-hydroxylation sites is 2. The molecule has 0 bridgehead atoms. The van der Waals surface area contributed by atoms with Crippen LogP contribution < -0.4 is 20.9 Å². The van der Waals surface area contributed by atoms with Crippen LogP contribution >= 0.6 is 0 Å². The van der Waals surface area contributed by atoms with Crippen LogP contribution in [0.1, 0.15) is 12.0 Å². The zero-order chi connectivity index (χ0) is 21.2. The fourth-order valence-electron chi connectivity index (χ4n) is 3.01. The van der Waals surface area contributed by atoms with Gasteiger partial charge in [0.2, 0.25) is 0 Å². The Morgan fingerprint density at radius 3 is 2.17 bits per heavy atom. The number of nitrogens with one attached hydrogen (secondary N) is 3. The molecule has 3 aromatic carbocycles. The molecule has 30 heavy (non-hydrogen) atoms. The van der Waals surface area contributed by atoms with Gasteiger partial charge in [0.15, 0.2) is 0 Å². The van der Waals surface area contributed by atoms with E-state index in [1.807, 2.05) is 91.9 Å². The molecule has 3 aromatic rings. The molecular formula is C24H26N4O2. The number of carbonyl (C=O) groups excluding carboxylic acids is 2. The van der Waals surface area contributed by atoms with Crippen molar-refractivity contribution in [3.05, 3.63) is 90.5 Å². The minimum Gasteiger partial charge on any atom is -0.338 e. The summed E-state index contributed by atoms with van der Waals surface area (Å²) in [7, 11) is 0. The Bertz CT molecular complexity index is 961. The first kappa shape index (κ1) is 20.9. The Morgan fingerprint density at radius 2 is 1.47 bits per heavy atom. The van der Waals surface area contributed by atoms with E-state index >= 15 is 0 Å². The average molecular weight is 402 g/mol. The third-order valence-corrected chi connectivity index (χ3v) is 4.46. The number of urea groups is 2. The lowest BCUT2D eigenvalue weighted by molar-refractivity contribution is 0.252. The molecular weight excluding hydrogens is 376 g/mol. The molecule has 0 aliphatic carbocycles. The maximum atomic E-state index is 12.9. The molecule has 0 saturated carbocycles. The zero-order valence-electron chi connectivity index (χ0n) is 17.0. The van der Waals surface area contributed by atoms with Gasteiger partial charge in [-0.2, -0.15) is 0 Å². The molecule has 4 amide bonds. The summed E-state index contributed by atoms with van der Waals surface area (Å²) in [5.74, 6) is 0. The van der Waals surface area contributed by atoms with Crippen molar-refractivity contribution in [1.29, 1.82) is 0 Å². The van der Waals surface area contributed by atoms with Gasteiger partial charge < -0.3 is 16.0 Å². The fourth-order valence-corrected chi connectivity index (χ4v) is 3.01. The second-order valence-electron chi connectivity index (χ2n) is 6.89. The first-order valence-corrected chi connectivity index (χ1v) is 9.92. The van der Waals surface area contributed by atoms with Crippen LogP contribution in [0, 0.1) is 6.92 Å². The van der Waals surface area contributed by atoms with Crippen LogP contribution in [0.3, 0.4) is 0 Å². The van der Waals surface area contributed by atoms with Crippen molar-refractivity contribution in [2.24, 2.45) is 0 Å². The largest absolute Gasteiger partial charge is 0.338 e. The smallest absolute Gasteiger partial charge is 0.326 e. The van der Waals surface area contributed by atoms with Crippen LogP contribution in [0.25, 0.3) is 0 Å². The van der Waals surface area contributed by atoms with E-state index in [2.05, 4.69) is 16.0 Å². The molecule has 154 valence electrons. The highest BCUT2D eigenvalue weighted by Crippen LogP contribution is 2.17. The molecule has 0 aliphatic rings. The molecule has 6 nitrogen and oxygen atoms in total. The Balaban J connectivity index is 1.55. The first-order chi connectivity index (χ1) is 14.6. The molecule has 6 heteroatoms. The third-order valence-electron chi connectivity index (χ3n) is 4.46. The summed E-state index contributed by atoms with van der Waals surface area (Å²) in [4.78, 5) is 26.6.